The molecule has 4 aromatic rings. The van der Waals surface area contributed by atoms with E-state index in [2.05, 4.69) is 45.3 Å². The molecule has 0 spiro atoms. The van der Waals surface area contributed by atoms with Gasteiger partial charge >= 0.3 is 0 Å². The van der Waals surface area contributed by atoms with Crippen LogP contribution in [0.5, 0.6) is 0 Å². The van der Waals surface area contributed by atoms with Crippen LogP contribution in [0.25, 0.3) is 22.0 Å². The number of hydrogen-bond acceptors (Lipinski definition) is 7. The van der Waals surface area contributed by atoms with Crippen LogP contribution in [0.15, 0.2) is 77.8 Å². The number of piperazine rings is 1. The Bertz CT molecular complexity index is 1320. The Kier molecular flexibility index (Phi) is 6.14. The van der Waals surface area contributed by atoms with Gasteiger partial charge in [0.2, 0.25) is 5.95 Å². The maximum absolute atomic E-state index is 10.1. The number of hydrogen-bond donors (Lipinski definition) is 3. The molecule has 0 radical (unpaired) electrons. The van der Waals surface area contributed by atoms with Gasteiger partial charge < -0.3 is 15.1 Å². The fourth-order valence-electron chi connectivity index (χ4n) is 4.23. The van der Waals surface area contributed by atoms with Gasteiger partial charge in [0, 0.05) is 61.0 Å². The molecule has 5 rings (SSSR count). The van der Waals surface area contributed by atoms with E-state index >= 15 is 0 Å². The summed E-state index contributed by atoms with van der Waals surface area (Å²) in [5.74, 6) is 0.520. The zero-order valence-electron chi connectivity index (χ0n) is 19.3. The first-order chi connectivity index (χ1) is 16.4. The Morgan fingerprint density at radius 1 is 0.912 bits per heavy atom. The molecule has 7 nitrogen and oxygen atoms in total. The van der Waals surface area contributed by atoms with E-state index in [4.69, 9.17) is 4.98 Å². The lowest BCUT2D eigenvalue weighted by molar-refractivity contribution is 0.313. The van der Waals surface area contributed by atoms with Crippen molar-refractivity contribution in [2.45, 2.75) is 4.90 Å². The van der Waals surface area contributed by atoms with Crippen molar-refractivity contribution < 1.29 is 9.11 Å². The van der Waals surface area contributed by atoms with E-state index in [-0.39, 0.29) is 0 Å². The SMILES string of the molecule is CN1CCN(c2cccc(Nc3ncc4cccc(-c5cccc(S(C)(O)O)c5)c4n3)c2)CC1. The summed E-state index contributed by atoms with van der Waals surface area (Å²) in [6, 6.07) is 21.6. The van der Waals surface area contributed by atoms with Crippen LogP contribution in [0, 0.1) is 0 Å². The van der Waals surface area contributed by atoms with Gasteiger partial charge in [0.25, 0.3) is 0 Å². The van der Waals surface area contributed by atoms with Crippen molar-refractivity contribution in [3.63, 3.8) is 0 Å². The van der Waals surface area contributed by atoms with Crippen molar-refractivity contribution in [1.82, 2.24) is 14.9 Å². The molecular weight excluding hydrogens is 446 g/mol. The lowest BCUT2D eigenvalue weighted by Crippen LogP contribution is -2.44. The molecule has 8 heteroatoms. The van der Waals surface area contributed by atoms with Gasteiger partial charge in [0.15, 0.2) is 0 Å². The Morgan fingerprint density at radius 3 is 2.47 bits per heavy atom. The minimum Gasteiger partial charge on any atom is -0.369 e. The summed E-state index contributed by atoms with van der Waals surface area (Å²) in [6.07, 6.45) is 3.26. The van der Waals surface area contributed by atoms with E-state index in [0.717, 1.165) is 53.9 Å². The number of para-hydroxylation sites is 1. The summed E-state index contributed by atoms with van der Waals surface area (Å²) in [4.78, 5) is 14.6. The highest BCUT2D eigenvalue weighted by molar-refractivity contribution is 8.23. The number of anilines is 3. The number of likely N-dealkylation sites (N-methyl/N-ethyl adjacent to an activating group) is 1. The predicted molar refractivity (Wildman–Crippen MR) is 141 cm³/mol. The molecule has 0 bridgehead atoms. The highest BCUT2D eigenvalue weighted by atomic mass is 32.3. The van der Waals surface area contributed by atoms with Crippen LogP contribution in [-0.2, 0) is 0 Å². The molecular formula is C26H29N5O2S. The van der Waals surface area contributed by atoms with Gasteiger partial charge in [0.05, 0.1) is 10.4 Å². The van der Waals surface area contributed by atoms with Crippen LogP contribution < -0.4 is 10.2 Å². The fourth-order valence-corrected chi connectivity index (χ4v) is 4.91. The molecule has 1 aliphatic rings. The van der Waals surface area contributed by atoms with Crippen molar-refractivity contribution in [3.05, 3.63) is 72.9 Å². The zero-order valence-corrected chi connectivity index (χ0v) is 20.2. The quantitative estimate of drug-likeness (QED) is 0.350. The molecule has 3 N–H and O–H groups in total. The molecule has 0 aliphatic carbocycles. The van der Waals surface area contributed by atoms with Crippen LogP contribution >= 0.6 is 10.6 Å². The smallest absolute Gasteiger partial charge is 0.227 e. The average Bonchev–Trinajstić information content (AvgIpc) is 2.84. The van der Waals surface area contributed by atoms with Crippen LogP contribution in [0.1, 0.15) is 0 Å². The molecule has 34 heavy (non-hydrogen) atoms. The van der Waals surface area contributed by atoms with E-state index in [0.29, 0.717) is 10.8 Å². The molecule has 3 aromatic carbocycles. The van der Waals surface area contributed by atoms with Crippen molar-refractivity contribution in [1.29, 1.82) is 0 Å². The molecule has 1 aliphatic heterocycles. The van der Waals surface area contributed by atoms with Gasteiger partial charge in [-0.15, -0.1) is 0 Å². The third-order valence-electron chi connectivity index (χ3n) is 6.17. The Hall–Kier alpha value is -3.17. The number of nitrogens with one attached hydrogen (secondary N) is 1. The van der Waals surface area contributed by atoms with Gasteiger partial charge in [-0.1, -0.05) is 36.4 Å². The highest BCUT2D eigenvalue weighted by Crippen LogP contribution is 2.45. The molecule has 0 amide bonds. The number of nitrogens with zero attached hydrogens (tertiary/aromatic N) is 4. The first-order valence-electron chi connectivity index (χ1n) is 11.3. The van der Waals surface area contributed by atoms with Crippen molar-refractivity contribution in [3.8, 4) is 11.1 Å². The molecule has 0 unspecified atom stereocenters. The Morgan fingerprint density at radius 2 is 1.68 bits per heavy atom. The maximum Gasteiger partial charge on any atom is 0.227 e. The second kappa shape index (κ2) is 9.23. The summed E-state index contributed by atoms with van der Waals surface area (Å²) in [5, 5.41) is 4.28. The van der Waals surface area contributed by atoms with E-state index in [1.54, 1.807) is 6.07 Å². The van der Waals surface area contributed by atoms with Crippen LogP contribution in [0.4, 0.5) is 17.3 Å². The second-order valence-corrected chi connectivity index (χ2v) is 10.9. The average molecular weight is 476 g/mol. The summed E-state index contributed by atoms with van der Waals surface area (Å²) in [7, 11) is -0.647. The lowest BCUT2D eigenvalue weighted by Gasteiger charge is -2.34. The van der Waals surface area contributed by atoms with E-state index in [1.807, 2.05) is 48.7 Å². The molecule has 2 heterocycles. The standard InChI is InChI=1S/C26H29N5O2S/c1-30-12-14-31(15-13-30)22-9-5-8-21(17-22)28-26-27-18-20-7-4-11-24(25(20)29-26)19-6-3-10-23(16-19)34(2,32)33/h3-11,16-18,32-33H,12-15H2,1-2H3,(H,27,28,29). The lowest BCUT2D eigenvalue weighted by atomic mass is 10.0. The van der Waals surface area contributed by atoms with Gasteiger partial charge in [-0.25, -0.2) is 9.97 Å². The van der Waals surface area contributed by atoms with Gasteiger partial charge in [-0.2, -0.15) is 10.6 Å². The van der Waals surface area contributed by atoms with Gasteiger partial charge in [0.1, 0.15) is 0 Å². The van der Waals surface area contributed by atoms with Crippen molar-refractivity contribution in [2.75, 3.05) is 49.7 Å². The Balaban J connectivity index is 1.46. The first-order valence-corrected chi connectivity index (χ1v) is 13.2. The molecule has 1 fully saturated rings. The topological polar surface area (TPSA) is 84.8 Å². The largest absolute Gasteiger partial charge is 0.369 e. The molecule has 176 valence electrons. The fraction of sp³-hybridized carbons (Fsp3) is 0.231. The third-order valence-corrected chi connectivity index (χ3v) is 7.32. The monoisotopic (exact) mass is 475 g/mol. The van der Waals surface area contributed by atoms with Crippen molar-refractivity contribution >= 4 is 38.8 Å². The number of rotatable bonds is 5. The normalized spacial score (nSPS) is 15.5. The zero-order chi connectivity index (χ0) is 23.7. The molecule has 1 aromatic heterocycles. The van der Waals surface area contributed by atoms with Crippen molar-refractivity contribution in [2.24, 2.45) is 0 Å². The second-order valence-electron chi connectivity index (χ2n) is 8.76. The third kappa shape index (κ3) is 4.85. The number of aromatic nitrogens is 2. The minimum atomic E-state index is -2.80. The predicted octanol–water partition coefficient (Wildman–Crippen LogP) is 5.53. The summed E-state index contributed by atoms with van der Waals surface area (Å²) in [5.41, 5.74) is 4.73. The van der Waals surface area contributed by atoms with Gasteiger partial charge in [-0.05, 0) is 42.9 Å². The minimum absolute atomic E-state index is 0.509. The van der Waals surface area contributed by atoms with Gasteiger partial charge in [-0.3, -0.25) is 9.11 Å². The van der Waals surface area contributed by atoms with Crippen LogP contribution in [0.3, 0.4) is 0 Å². The molecule has 1 saturated heterocycles. The molecule has 0 atom stereocenters. The highest BCUT2D eigenvalue weighted by Gasteiger charge is 2.15. The van der Waals surface area contributed by atoms with E-state index in [1.165, 1.54) is 11.9 Å². The van der Waals surface area contributed by atoms with E-state index in [9.17, 15) is 9.11 Å². The summed E-state index contributed by atoms with van der Waals surface area (Å²) >= 11 is 0. The summed E-state index contributed by atoms with van der Waals surface area (Å²) < 4.78 is 20.2. The maximum atomic E-state index is 10.1. The van der Waals surface area contributed by atoms with Crippen LogP contribution in [-0.4, -0.2) is 63.5 Å². The first kappa shape index (κ1) is 22.6. The summed E-state index contributed by atoms with van der Waals surface area (Å²) in [6.45, 7) is 4.14. The molecule has 0 saturated carbocycles. The van der Waals surface area contributed by atoms with E-state index < -0.39 is 10.6 Å². The Labute approximate surface area is 201 Å². The number of benzene rings is 3. The van der Waals surface area contributed by atoms with Crippen LogP contribution in [0.2, 0.25) is 0 Å². The number of fused-ring (bicyclic) bond motifs is 1.